The first-order valence-corrected chi connectivity index (χ1v) is 9.85. The molecule has 0 aliphatic heterocycles. The fraction of sp³-hybridized carbons (Fsp3) is 0.263. The number of nitrogens with zero attached hydrogens (tertiary/aromatic N) is 4. The van der Waals surface area contributed by atoms with E-state index in [1.165, 1.54) is 18.4 Å². The van der Waals surface area contributed by atoms with Crippen LogP contribution in [0.2, 0.25) is 0 Å². The maximum atomic E-state index is 12.3. The number of hydrogen-bond acceptors (Lipinski definition) is 5. The number of benzene rings is 2. The summed E-state index contributed by atoms with van der Waals surface area (Å²) in [4.78, 5) is 4.77. The van der Waals surface area contributed by atoms with Crippen molar-refractivity contribution in [2.45, 2.75) is 25.0 Å². The largest absolute Gasteiger partial charge is 0.486 e. The van der Waals surface area contributed by atoms with Gasteiger partial charge in [-0.15, -0.1) is 0 Å². The average molecular weight is 384 g/mol. The molecule has 0 aliphatic carbocycles. The lowest BCUT2D eigenvalue weighted by molar-refractivity contribution is 0.290. The van der Waals surface area contributed by atoms with Crippen molar-refractivity contribution in [2.75, 3.05) is 14.1 Å². The minimum absolute atomic E-state index is 0.204. The van der Waals surface area contributed by atoms with Gasteiger partial charge in [-0.3, -0.25) is 0 Å². The minimum Gasteiger partial charge on any atom is -0.486 e. The van der Waals surface area contributed by atoms with Gasteiger partial charge in [0, 0.05) is 20.6 Å². The van der Waals surface area contributed by atoms with Crippen LogP contribution in [0.25, 0.3) is 11.0 Å². The van der Waals surface area contributed by atoms with Crippen molar-refractivity contribution in [1.29, 1.82) is 5.26 Å². The smallest absolute Gasteiger partial charge is 0.242 e. The van der Waals surface area contributed by atoms with Crippen molar-refractivity contribution in [3.8, 4) is 11.8 Å². The van der Waals surface area contributed by atoms with Gasteiger partial charge >= 0.3 is 0 Å². The molecular formula is C19H20N4O3S. The van der Waals surface area contributed by atoms with Crippen molar-refractivity contribution in [1.82, 2.24) is 13.9 Å². The molecule has 27 heavy (non-hydrogen) atoms. The quantitative estimate of drug-likeness (QED) is 0.652. The lowest BCUT2D eigenvalue weighted by Crippen LogP contribution is -2.22. The Kier molecular flexibility index (Phi) is 5.17. The molecule has 0 fully saturated rings. The van der Waals surface area contributed by atoms with Crippen molar-refractivity contribution in [3.63, 3.8) is 0 Å². The number of hydrogen-bond donors (Lipinski definition) is 0. The van der Waals surface area contributed by atoms with Crippen molar-refractivity contribution in [2.24, 2.45) is 0 Å². The Morgan fingerprint density at radius 1 is 1.22 bits per heavy atom. The zero-order chi connectivity index (χ0) is 19.6. The molecular weight excluding hydrogens is 364 g/mol. The van der Waals surface area contributed by atoms with Crippen molar-refractivity contribution in [3.05, 3.63) is 53.9 Å². The van der Waals surface area contributed by atoms with Crippen LogP contribution in [0.3, 0.4) is 0 Å². The third-order valence-corrected chi connectivity index (χ3v) is 6.04. The van der Waals surface area contributed by atoms with Crippen LogP contribution in [0.15, 0.2) is 47.4 Å². The lowest BCUT2D eigenvalue weighted by Gasteiger charge is -2.11. The summed E-state index contributed by atoms with van der Waals surface area (Å²) in [5, 5.41) is 8.98. The van der Waals surface area contributed by atoms with E-state index in [1.807, 2.05) is 11.5 Å². The van der Waals surface area contributed by atoms with Gasteiger partial charge in [-0.05, 0) is 43.3 Å². The molecule has 0 radical (unpaired) electrons. The molecule has 2 aromatic carbocycles. The molecule has 3 aromatic rings. The molecule has 0 atom stereocenters. The molecule has 0 amide bonds. The number of imidazole rings is 1. The number of fused-ring (bicyclic) bond motifs is 1. The van der Waals surface area contributed by atoms with Crippen LogP contribution < -0.4 is 4.74 Å². The Balaban J connectivity index is 1.95. The molecule has 140 valence electrons. The highest BCUT2D eigenvalue weighted by atomic mass is 32.2. The van der Waals surface area contributed by atoms with Gasteiger partial charge in [-0.25, -0.2) is 17.7 Å². The number of aromatic nitrogens is 2. The summed E-state index contributed by atoms with van der Waals surface area (Å²) in [7, 11) is -0.522. The van der Waals surface area contributed by atoms with E-state index in [4.69, 9.17) is 10.00 Å². The number of nitriles is 1. The van der Waals surface area contributed by atoms with Crippen molar-refractivity contribution < 1.29 is 13.2 Å². The van der Waals surface area contributed by atoms with Crippen LogP contribution in [0, 0.1) is 11.3 Å². The number of sulfonamides is 1. The number of aryl methyl sites for hydroxylation is 1. The summed E-state index contributed by atoms with van der Waals surface area (Å²) >= 11 is 0. The van der Waals surface area contributed by atoms with E-state index in [2.05, 4.69) is 11.1 Å². The summed E-state index contributed by atoms with van der Waals surface area (Å²) in [6.45, 7) is 2.88. The predicted molar refractivity (Wildman–Crippen MR) is 102 cm³/mol. The first kappa shape index (κ1) is 18.9. The summed E-state index contributed by atoms with van der Waals surface area (Å²) < 4.78 is 33.6. The topological polar surface area (TPSA) is 88.2 Å². The fourth-order valence-corrected chi connectivity index (χ4v) is 3.72. The Hall–Kier alpha value is -2.89. The summed E-state index contributed by atoms with van der Waals surface area (Å²) in [5.41, 5.74) is 1.97. The van der Waals surface area contributed by atoms with Gasteiger partial charge in [0.05, 0.1) is 27.6 Å². The maximum absolute atomic E-state index is 12.3. The third kappa shape index (κ3) is 3.65. The Morgan fingerprint density at radius 3 is 2.67 bits per heavy atom. The van der Waals surface area contributed by atoms with Crippen LogP contribution in [-0.4, -0.2) is 36.4 Å². The highest BCUT2D eigenvalue weighted by Crippen LogP contribution is 2.23. The minimum atomic E-state index is -3.52. The summed E-state index contributed by atoms with van der Waals surface area (Å²) in [6, 6.07) is 13.9. The van der Waals surface area contributed by atoms with Gasteiger partial charge in [0.2, 0.25) is 10.0 Å². The Bertz CT molecular complexity index is 1130. The molecule has 0 saturated heterocycles. The molecule has 0 bridgehead atoms. The number of ether oxygens (including phenoxy) is 1. The highest BCUT2D eigenvalue weighted by molar-refractivity contribution is 7.89. The molecule has 7 nitrogen and oxygen atoms in total. The molecule has 0 saturated carbocycles. The van der Waals surface area contributed by atoms with Gasteiger partial charge in [-0.2, -0.15) is 5.26 Å². The van der Waals surface area contributed by atoms with E-state index < -0.39 is 10.0 Å². The second-order valence-electron chi connectivity index (χ2n) is 6.14. The fourth-order valence-electron chi connectivity index (χ4n) is 2.80. The van der Waals surface area contributed by atoms with E-state index in [1.54, 1.807) is 42.5 Å². The molecule has 0 unspecified atom stereocenters. The maximum Gasteiger partial charge on any atom is 0.242 e. The van der Waals surface area contributed by atoms with Crippen LogP contribution >= 0.6 is 0 Å². The van der Waals surface area contributed by atoms with E-state index in [-0.39, 0.29) is 11.5 Å². The van der Waals surface area contributed by atoms with Crippen LogP contribution in [0.1, 0.15) is 18.3 Å². The van der Waals surface area contributed by atoms with E-state index >= 15 is 0 Å². The third-order valence-electron chi connectivity index (χ3n) is 4.22. The van der Waals surface area contributed by atoms with Gasteiger partial charge in [0.25, 0.3) is 0 Å². The molecule has 0 spiro atoms. The average Bonchev–Trinajstić information content (AvgIpc) is 3.03. The van der Waals surface area contributed by atoms with Crippen LogP contribution in [-0.2, 0) is 23.2 Å². The second-order valence-corrected chi connectivity index (χ2v) is 8.29. The second kappa shape index (κ2) is 7.39. The zero-order valence-corrected chi connectivity index (χ0v) is 16.2. The SMILES string of the molecule is CCn1c(COc2cccc(C#N)c2)nc2cc(S(=O)(=O)N(C)C)ccc21. The molecule has 0 N–H and O–H groups in total. The first-order chi connectivity index (χ1) is 12.9. The molecule has 3 rings (SSSR count). The van der Waals surface area contributed by atoms with E-state index in [9.17, 15) is 8.42 Å². The van der Waals surface area contributed by atoms with Gasteiger partial charge in [0.1, 0.15) is 18.2 Å². The highest BCUT2D eigenvalue weighted by Gasteiger charge is 2.19. The standard InChI is InChI=1S/C19H20N4O3S/c1-4-23-18-9-8-16(27(24,25)22(2)3)11-17(18)21-19(23)13-26-15-7-5-6-14(10-15)12-20/h5-11H,4,13H2,1-3H3. The summed E-state index contributed by atoms with van der Waals surface area (Å²) in [6.07, 6.45) is 0. The normalized spacial score (nSPS) is 11.7. The predicted octanol–water partition coefficient (Wildman–Crippen LogP) is 2.76. The van der Waals surface area contributed by atoms with Gasteiger partial charge in [-0.1, -0.05) is 6.07 Å². The van der Waals surface area contributed by atoms with Crippen LogP contribution in [0.5, 0.6) is 5.75 Å². The lowest BCUT2D eigenvalue weighted by atomic mass is 10.2. The molecule has 1 aromatic heterocycles. The number of rotatable bonds is 6. The molecule has 0 aliphatic rings. The van der Waals surface area contributed by atoms with Crippen molar-refractivity contribution >= 4 is 21.1 Å². The molecule has 1 heterocycles. The monoisotopic (exact) mass is 384 g/mol. The van der Waals surface area contributed by atoms with Gasteiger partial charge < -0.3 is 9.30 Å². The zero-order valence-electron chi connectivity index (χ0n) is 15.4. The van der Waals surface area contributed by atoms with Gasteiger partial charge in [0.15, 0.2) is 0 Å². The Morgan fingerprint density at radius 2 is 2.00 bits per heavy atom. The van der Waals surface area contributed by atoms with E-state index in [0.717, 1.165) is 5.52 Å². The summed E-state index contributed by atoms with van der Waals surface area (Å²) in [5.74, 6) is 1.27. The first-order valence-electron chi connectivity index (χ1n) is 8.41. The van der Waals surface area contributed by atoms with Crippen LogP contribution in [0.4, 0.5) is 0 Å². The molecule has 8 heteroatoms. The Labute approximate surface area is 158 Å². The van der Waals surface area contributed by atoms with E-state index in [0.29, 0.717) is 29.2 Å².